The average molecular weight is 406 g/mol. The maximum Gasteiger partial charge on any atom is 0.431 e. The molecular formula is C9ClF8NO2S2. The summed E-state index contributed by atoms with van der Waals surface area (Å²) in [5.74, 6) is -9.98. The van der Waals surface area contributed by atoms with Gasteiger partial charge in [-0.15, -0.1) is 0 Å². The summed E-state index contributed by atoms with van der Waals surface area (Å²) in [7, 11) is -2.14. The number of nitriles is 1. The van der Waals surface area contributed by atoms with E-state index in [0.717, 1.165) is 0 Å². The third-order valence-electron chi connectivity index (χ3n) is 2.21. The van der Waals surface area contributed by atoms with Crippen LogP contribution in [0.4, 0.5) is 35.1 Å². The zero-order chi connectivity index (χ0) is 18.4. The van der Waals surface area contributed by atoms with Gasteiger partial charge >= 0.3 is 19.6 Å². The predicted molar refractivity (Wildman–Crippen MR) is 61.5 cm³/mol. The molecule has 23 heavy (non-hydrogen) atoms. The van der Waals surface area contributed by atoms with E-state index in [1.807, 2.05) is 0 Å². The van der Waals surface area contributed by atoms with Crippen molar-refractivity contribution in [1.29, 1.82) is 5.26 Å². The molecule has 0 spiro atoms. The van der Waals surface area contributed by atoms with Crippen molar-refractivity contribution in [2.24, 2.45) is 0 Å². The van der Waals surface area contributed by atoms with Crippen molar-refractivity contribution >= 4 is 31.5 Å². The number of thioether (sulfide) groups is 1. The zero-order valence-corrected chi connectivity index (χ0v) is 12.4. The van der Waals surface area contributed by atoms with E-state index in [0.29, 0.717) is 6.07 Å². The van der Waals surface area contributed by atoms with Gasteiger partial charge in [0.15, 0.2) is 23.3 Å². The highest BCUT2D eigenvalue weighted by Gasteiger charge is 2.66. The van der Waals surface area contributed by atoms with Crippen molar-refractivity contribution in [3.63, 3.8) is 0 Å². The highest BCUT2D eigenvalue weighted by molar-refractivity contribution is 8.15. The minimum Gasteiger partial charge on any atom is -0.206 e. The third kappa shape index (κ3) is 3.20. The Kier molecular flexibility index (Phi) is 5.15. The monoisotopic (exact) mass is 405 g/mol. The lowest BCUT2D eigenvalue weighted by atomic mass is 10.2. The van der Waals surface area contributed by atoms with Crippen molar-refractivity contribution in [3.05, 3.63) is 28.8 Å². The van der Waals surface area contributed by atoms with Gasteiger partial charge in [0.05, 0.1) is 4.90 Å². The molecule has 0 unspecified atom stereocenters. The molecule has 0 aliphatic carbocycles. The second-order valence-electron chi connectivity index (χ2n) is 3.65. The van der Waals surface area contributed by atoms with Crippen molar-refractivity contribution in [1.82, 2.24) is 0 Å². The minimum atomic E-state index is -6.26. The molecule has 0 saturated heterocycles. The maximum absolute atomic E-state index is 13.4. The second kappa shape index (κ2) is 5.99. The molecule has 0 aliphatic heterocycles. The number of halogens is 9. The fraction of sp³-hybridized carbons (Fsp3) is 0.222. The van der Waals surface area contributed by atoms with Crippen molar-refractivity contribution in [2.75, 3.05) is 0 Å². The first-order valence-electron chi connectivity index (χ1n) is 4.84. The summed E-state index contributed by atoms with van der Waals surface area (Å²) >= 11 is -1.81. The normalized spacial score (nSPS) is 13.0. The molecule has 14 heteroatoms. The highest BCUT2D eigenvalue weighted by Crippen LogP contribution is 2.52. The molecule has 0 fully saturated rings. The Bertz CT molecular complexity index is 776. The molecule has 0 heterocycles. The van der Waals surface area contributed by atoms with Crippen molar-refractivity contribution in [2.45, 2.75) is 15.4 Å². The van der Waals surface area contributed by atoms with Gasteiger partial charge in [-0.2, -0.15) is 22.8 Å². The summed E-state index contributed by atoms with van der Waals surface area (Å²) in [5, 5.41) is -3.54. The smallest absolute Gasteiger partial charge is 0.206 e. The summed E-state index contributed by atoms with van der Waals surface area (Å²) in [4.78, 5) is -2.29. The Balaban J connectivity index is 3.56. The first-order valence-corrected chi connectivity index (χ1v) is 7.96. The van der Waals surface area contributed by atoms with Crippen LogP contribution >= 0.6 is 22.4 Å². The molecule has 0 atom stereocenters. The number of nitrogens with zero attached hydrogens (tertiary/aromatic N) is 1. The molecule has 0 aliphatic rings. The van der Waals surface area contributed by atoms with Crippen LogP contribution in [0.1, 0.15) is 5.56 Å². The molecule has 0 N–H and O–H groups in total. The van der Waals surface area contributed by atoms with E-state index >= 15 is 0 Å². The summed E-state index contributed by atoms with van der Waals surface area (Å²) in [6.45, 7) is 0. The highest BCUT2D eigenvalue weighted by atomic mass is 35.7. The third-order valence-corrected chi connectivity index (χ3v) is 4.86. The van der Waals surface area contributed by atoms with Gasteiger partial charge in [-0.05, 0) is 11.8 Å². The van der Waals surface area contributed by atoms with Gasteiger partial charge in [-0.3, -0.25) is 0 Å². The first-order chi connectivity index (χ1) is 10.2. The summed E-state index contributed by atoms with van der Waals surface area (Å²) in [5.41, 5.74) is -1.82. The number of rotatable bonds is 4. The van der Waals surface area contributed by atoms with Crippen LogP contribution in [0.15, 0.2) is 4.90 Å². The Morgan fingerprint density at radius 2 is 1.35 bits per heavy atom. The zero-order valence-electron chi connectivity index (χ0n) is 9.98. The van der Waals surface area contributed by atoms with Gasteiger partial charge in [0, 0.05) is 10.7 Å². The SMILES string of the molecule is N#Cc1c(F)c(F)c(SC(F)(F)C(F)(F)S(=O)(=O)Cl)c(F)c1F. The molecule has 128 valence electrons. The standard InChI is InChI=1S/C9ClF8NO2S2/c10-23(20,21)9(17,18)8(15,16)22-7-5(13)3(11)2(1-19)4(12)6(7)14. The molecule has 3 nitrogen and oxygen atoms in total. The summed E-state index contributed by atoms with van der Waals surface area (Å²) < 4.78 is 127. The molecule has 1 aromatic carbocycles. The number of hydrogen-bond acceptors (Lipinski definition) is 4. The Morgan fingerprint density at radius 3 is 1.65 bits per heavy atom. The number of benzene rings is 1. The molecule has 1 aromatic rings. The minimum absolute atomic E-state index is 0.698. The van der Waals surface area contributed by atoms with E-state index in [2.05, 4.69) is 10.7 Å². The molecule has 0 bridgehead atoms. The fourth-order valence-electron chi connectivity index (χ4n) is 1.13. The molecule has 0 radical (unpaired) electrons. The quantitative estimate of drug-likeness (QED) is 0.329. The lowest BCUT2D eigenvalue weighted by Gasteiger charge is -2.23. The van der Waals surface area contributed by atoms with Gasteiger partial charge in [-0.1, -0.05) is 0 Å². The van der Waals surface area contributed by atoms with Crippen LogP contribution in [-0.4, -0.2) is 18.9 Å². The van der Waals surface area contributed by atoms with E-state index in [1.54, 1.807) is 0 Å². The predicted octanol–water partition coefficient (Wildman–Crippen LogP) is 3.96. The Labute approximate surface area is 131 Å². The van der Waals surface area contributed by atoms with Crippen LogP contribution < -0.4 is 0 Å². The van der Waals surface area contributed by atoms with E-state index < -0.39 is 65.0 Å². The molecule has 0 saturated carbocycles. The van der Waals surface area contributed by atoms with E-state index in [1.165, 1.54) is 0 Å². The van der Waals surface area contributed by atoms with Crippen molar-refractivity contribution < 1.29 is 43.5 Å². The Hall–Kier alpha value is -1.26. The van der Waals surface area contributed by atoms with Gasteiger partial charge < -0.3 is 0 Å². The number of hydrogen-bond donors (Lipinski definition) is 0. The van der Waals surface area contributed by atoms with E-state index in [9.17, 15) is 43.5 Å². The summed E-state index contributed by atoms with van der Waals surface area (Å²) in [6.07, 6.45) is 0. The molecule has 0 aromatic heterocycles. The largest absolute Gasteiger partial charge is 0.431 e. The topological polar surface area (TPSA) is 57.9 Å². The van der Waals surface area contributed by atoms with Crippen LogP contribution in [0.3, 0.4) is 0 Å². The van der Waals surface area contributed by atoms with E-state index in [-0.39, 0.29) is 0 Å². The van der Waals surface area contributed by atoms with Crippen LogP contribution in [0.2, 0.25) is 0 Å². The van der Waals surface area contributed by atoms with Gasteiger partial charge in [0.2, 0.25) is 0 Å². The first kappa shape index (κ1) is 19.8. The van der Waals surface area contributed by atoms with Crippen LogP contribution in [0.25, 0.3) is 0 Å². The van der Waals surface area contributed by atoms with Crippen LogP contribution in [-0.2, 0) is 9.05 Å². The lowest BCUT2D eigenvalue weighted by molar-refractivity contribution is -0.0888. The fourth-order valence-corrected chi connectivity index (χ4v) is 3.03. The van der Waals surface area contributed by atoms with Gasteiger partial charge in [-0.25, -0.2) is 26.0 Å². The van der Waals surface area contributed by atoms with Crippen LogP contribution in [0, 0.1) is 34.6 Å². The van der Waals surface area contributed by atoms with Crippen molar-refractivity contribution in [3.8, 4) is 6.07 Å². The second-order valence-corrected chi connectivity index (χ2v) is 7.38. The summed E-state index contributed by atoms with van der Waals surface area (Å²) in [6, 6.07) is 0.698. The maximum atomic E-state index is 13.4. The molecular weight excluding hydrogens is 406 g/mol. The molecule has 1 rings (SSSR count). The average Bonchev–Trinajstić information content (AvgIpc) is 2.40. The van der Waals surface area contributed by atoms with E-state index in [4.69, 9.17) is 5.26 Å². The Morgan fingerprint density at radius 1 is 0.957 bits per heavy atom. The molecule has 0 amide bonds. The number of alkyl halides is 4. The van der Waals surface area contributed by atoms with Gasteiger partial charge in [0.25, 0.3) is 0 Å². The van der Waals surface area contributed by atoms with Gasteiger partial charge in [0.1, 0.15) is 11.6 Å². The van der Waals surface area contributed by atoms with Crippen LogP contribution in [0.5, 0.6) is 0 Å². The lowest BCUT2D eigenvalue weighted by Crippen LogP contribution is -2.42.